The predicted molar refractivity (Wildman–Crippen MR) is 120 cm³/mol. The Balaban J connectivity index is 1.08. The van der Waals surface area contributed by atoms with Crippen LogP contribution in [0.3, 0.4) is 0 Å². The molecule has 1 amide bonds. The molecule has 2 atom stereocenters. The van der Waals surface area contributed by atoms with E-state index >= 15 is 0 Å². The molecule has 2 aromatic carbocycles. The van der Waals surface area contributed by atoms with E-state index in [1.807, 2.05) is 54.6 Å². The molecule has 1 aliphatic heterocycles. The van der Waals surface area contributed by atoms with Crippen molar-refractivity contribution >= 4 is 23.8 Å². The van der Waals surface area contributed by atoms with E-state index in [4.69, 9.17) is 14.2 Å². The van der Waals surface area contributed by atoms with Gasteiger partial charge in [0, 0.05) is 10.9 Å². The van der Waals surface area contributed by atoms with Gasteiger partial charge in [-0.1, -0.05) is 48.5 Å². The summed E-state index contributed by atoms with van der Waals surface area (Å²) in [4.78, 5) is 25.4. The highest BCUT2D eigenvalue weighted by Crippen LogP contribution is 2.58. The lowest BCUT2D eigenvalue weighted by atomic mass is 9.53. The molecular formula is C25H27NO5S. The first-order valence-corrected chi connectivity index (χ1v) is 11.9. The lowest BCUT2D eigenvalue weighted by Crippen LogP contribution is -2.58. The van der Waals surface area contributed by atoms with E-state index in [-0.39, 0.29) is 47.6 Å². The number of carbonyl (C=O) groups is 2. The Morgan fingerprint density at radius 1 is 1.03 bits per heavy atom. The number of ether oxygens (including phenoxy) is 3. The van der Waals surface area contributed by atoms with Gasteiger partial charge in [0.1, 0.15) is 18.0 Å². The number of thioether (sulfide) groups is 1. The first kappa shape index (κ1) is 21.3. The van der Waals surface area contributed by atoms with Crippen LogP contribution in [-0.4, -0.2) is 36.6 Å². The van der Waals surface area contributed by atoms with Gasteiger partial charge in [0.15, 0.2) is 0 Å². The van der Waals surface area contributed by atoms with E-state index in [1.54, 1.807) is 0 Å². The van der Waals surface area contributed by atoms with Gasteiger partial charge in [-0.25, -0.2) is 4.79 Å². The third-order valence-corrected chi connectivity index (χ3v) is 8.06. The summed E-state index contributed by atoms with van der Waals surface area (Å²) in [6.45, 7) is 0.280. The summed E-state index contributed by atoms with van der Waals surface area (Å²) < 4.78 is 16.7. The SMILES string of the molecule is COC(=O)C1Sc2ccccc2C1OC1CC2(CC(NC(=O)OCc3ccccc3)C2)C1. The van der Waals surface area contributed by atoms with Crippen molar-refractivity contribution in [2.24, 2.45) is 5.41 Å². The molecular weight excluding hydrogens is 426 g/mol. The van der Waals surface area contributed by atoms with Crippen LogP contribution in [0.2, 0.25) is 0 Å². The van der Waals surface area contributed by atoms with Crippen LogP contribution in [0.5, 0.6) is 0 Å². The molecule has 0 bridgehead atoms. The molecule has 5 rings (SSSR count). The van der Waals surface area contributed by atoms with Crippen LogP contribution in [0.15, 0.2) is 59.5 Å². The monoisotopic (exact) mass is 453 g/mol. The Labute approximate surface area is 192 Å². The van der Waals surface area contributed by atoms with Crippen molar-refractivity contribution in [3.63, 3.8) is 0 Å². The second-order valence-corrected chi connectivity index (χ2v) is 10.2. The van der Waals surface area contributed by atoms with Crippen molar-refractivity contribution in [3.05, 3.63) is 65.7 Å². The normalized spacial score (nSPS) is 30.0. The first-order valence-electron chi connectivity index (χ1n) is 11.0. The average molecular weight is 454 g/mol. The Kier molecular flexibility index (Phi) is 5.86. The molecule has 0 radical (unpaired) electrons. The Morgan fingerprint density at radius 3 is 2.50 bits per heavy atom. The molecule has 32 heavy (non-hydrogen) atoms. The van der Waals surface area contributed by atoms with E-state index in [2.05, 4.69) is 5.32 Å². The molecule has 2 fully saturated rings. The lowest BCUT2D eigenvalue weighted by molar-refractivity contribution is -0.161. The highest BCUT2D eigenvalue weighted by molar-refractivity contribution is 8.01. The molecule has 3 aliphatic rings. The van der Waals surface area contributed by atoms with E-state index in [1.165, 1.54) is 18.9 Å². The minimum Gasteiger partial charge on any atom is -0.468 e. The molecule has 0 aromatic heterocycles. The number of benzene rings is 2. The van der Waals surface area contributed by atoms with Gasteiger partial charge in [-0.15, -0.1) is 11.8 Å². The number of rotatable bonds is 6. The fourth-order valence-corrected chi connectivity index (χ4v) is 6.46. The minimum atomic E-state index is -0.360. The number of alkyl carbamates (subject to hydrolysis) is 1. The molecule has 2 unspecified atom stereocenters. The maximum absolute atomic E-state index is 12.3. The van der Waals surface area contributed by atoms with Gasteiger partial charge in [-0.3, -0.25) is 4.79 Å². The quantitative estimate of drug-likeness (QED) is 0.643. The van der Waals surface area contributed by atoms with Crippen molar-refractivity contribution < 1.29 is 23.8 Å². The molecule has 7 heteroatoms. The molecule has 2 saturated carbocycles. The minimum absolute atomic E-state index is 0.130. The van der Waals surface area contributed by atoms with Gasteiger partial charge in [-0.2, -0.15) is 0 Å². The number of amides is 1. The third kappa shape index (κ3) is 4.24. The molecule has 168 valence electrons. The third-order valence-electron chi connectivity index (χ3n) is 6.74. The second-order valence-electron chi connectivity index (χ2n) is 9.00. The van der Waals surface area contributed by atoms with E-state index < -0.39 is 0 Å². The zero-order valence-electron chi connectivity index (χ0n) is 18.0. The molecule has 0 saturated heterocycles. The zero-order valence-corrected chi connectivity index (χ0v) is 18.8. The fraction of sp³-hybridized carbons (Fsp3) is 0.440. The van der Waals surface area contributed by atoms with Gasteiger partial charge in [0.25, 0.3) is 0 Å². The van der Waals surface area contributed by atoms with Crippen LogP contribution in [0.25, 0.3) is 0 Å². The lowest BCUT2D eigenvalue weighted by Gasteiger charge is -2.57. The van der Waals surface area contributed by atoms with Gasteiger partial charge in [0.05, 0.1) is 13.2 Å². The smallest absolute Gasteiger partial charge is 0.407 e. The largest absolute Gasteiger partial charge is 0.468 e. The van der Waals surface area contributed by atoms with Gasteiger partial charge in [0.2, 0.25) is 0 Å². The van der Waals surface area contributed by atoms with E-state index in [0.29, 0.717) is 0 Å². The van der Waals surface area contributed by atoms with Crippen LogP contribution in [0, 0.1) is 5.41 Å². The number of fused-ring (bicyclic) bond motifs is 1. The predicted octanol–water partition coefficient (Wildman–Crippen LogP) is 4.63. The Morgan fingerprint density at radius 2 is 1.75 bits per heavy atom. The zero-order chi connectivity index (χ0) is 22.1. The topological polar surface area (TPSA) is 73.9 Å². The second kappa shape index (κ2) is 8.79. The van der Waals surface area contributed by atoms with Crippen LogP contribution in [0.4, 0.5) is 4.79 Å². The summed E-state index contributed by atoms with van der Waals surface area (Å²) in [7, 11) is 1.42. The van der Waals surface area contributed by atoms with E-state index in [0.717, 1.165) is 41.7 Å². The van der Waals surface area contributed by atoms with Crippen LogP contribution in [0.1, 0.15) is 42.9 Å². The Hall–Kier alpha value is -2.51. The summed E-state index contributed by atoms with van der Waals surface area (Å²) in [6, 6.07) is 17.9. The van der Waals surface area contributed by atoms with Crippen molar-refractivity contribution in [2.45, 2.75) is 60.7 Å². The molecule has 1 heterocycles. The first-order chi connectivity index (χ1) is 15.5. The summed E-state index contributed by atoms with van der Waals surface area (Å²) in [6.07, 6.45) is 3.32. The van der Waals surface area contributed by atoms with Crippen LogP contribution in [-0.2, 0) is 25.6 Å². The number of nitrogens with one attached hydrogen (secondary N) is 1. The number of hydrogen-bond donors (Lipinski definition) is 1. The van der Waals surface area contributed by atoms with Crippen molar-refractivity contribution in [1.29, 1.82) is 0 Å². The van der Waals surface area contributed by atoms with Crippen molar-refractivity contribution in [2.75, 3.05) is 7.11 Å². The highest BCUT2D eigenvalue weighted by atomic mass is 32.2. The summed E-state index contributed by atoms with van der Waals surface area (Å²) >= 11 is 1.52. The molecule has 1 N–H and O–H groups in total. The number of esters is 1. The number of hydrogen-bond acceptors (Lipinski definition) is 6. The molecule has 2 aromatic rings. The van der Waals surface area contributed by atoms with Crippen molar-refractivity contribution in [1.82, 2.24) is 5.32 Å². The fourth-order valence-electron chi connectivity index (χ4n) is 5.18. The summed E-state index contributed by atoms with van der Waals surface area (Å²) in [5, 5.41) is 2.62. The molecule has 6 nitrogen and oxygen atoms in total. The molecule has 1 spiro atoms. The molecule has 2 aliphatic carbocycles. The maximum Gasteiger partial charge on any atom is 0.407 e. The summed E-state index contributed by atoms with van der Waals surface area (Å²) in [5.41, 5.74) is 2.29. The van der Waals surface area contributed by atoms with Crippen molar-refractivity contribution in [3.8, 4) is 0 Å². The summed E-state index contributed by atoms with van der Waals surface area (Å²) in [5.74, 6) is -0.243. The average Bonchev–Trinajstić information content (AvgIpc) is 3.13. The highest BCUT2D eigenvalue weighted by Gasteiger charge is 2.55. The Bertz CT molecular complexity index is 983. The van der Waals surface area contributed by atoms with Gasteiger partial charge < -0.3 is 19.5 Å². The number of methoxy groups -OCH3 is 1. The number of carbonyl (C=O) groups excluding carboxylic acids is 2. The maximum atomic E-state index is 12.3. The van der Waals surface area contributed by atoms with Gasteiger partial charge in [-0.05, 0) is 48.3 Å². The van der Waals surface area contributed by atoms with E-state index in [9.17, 15) is 9.59 Å². The van der Waals surface area contributed by atoms with Crippen LogP contribution < -0.4 is 5.32 Å². The van der Waals surface area contributed by atoms with Gasteiger partial charge >= 0.3 is 12.1 Å². The van der Waals surface area contributed by atoms with Crippen LogP contribution >= 0.6 is 11.8 Å². The standard InChI is InChI=1S/C25H27NO5S/c1-29-23(27)22-21(19-9-5-6-10-20(19)32-22)31-18-13-25(14-18)11-17(12-25)26-24(28)30-15-16-7-3-2-4-8-16/h2-10,17-18,21-22H,11-15H2,1H3,(H,26,28).